The normalized spacial score (nSPS) is 17.3. The molecular formula is C23H27N3O5. The lowest BCUT2D eigenvalue weighted by Gasteiger charge is -2.31. The van der Waals surface area contributed by atoms with Gasteiger partial charge in [-0.05, 0) is 43.4 Å². The van der Waals surface area contributed by atoms with Gasteiger partial charge in [-0.3, -0.25) is 19.3 Å². The Bertz CT molecular complexity index is 941. The zero-order valence-corrected chi connectivity index (χ0v) is 17.9. The number of ether oxygens (including phenoxy) is 1. The zero-order valence-electron chi connectivity index (χ0n) is 17.9. The lowest BCUT2D eigenvalue weighted by atomic mass is 9.83. The topological polar surface area (TPSA) is 117 Å². The Morgan fingerprint density at radius 3 is 2.48 bits per heavy atom. The highest BCUT2D eigenvalue weighted by Crippen LogP contribution is 2.28. The summed E-state index contributed by atoms with van der Waals surface area (Å²) < 4.78 is 5.08. The Morgan fingerprint density at radius 2 is 1.84 bits per heavy atom. The first-order valence-electron chi connectivity index (χ1n) is 10.7. The monoisotopic (exact) mass is 425 g/mol. The van der Waals surface area contributed by atoms with Crippen molar-refractivity contribution in [3.05, 3.63) is 34.9 Å². The fourth-order valence-corrected chi connectivity index (χ4v) is 3.95. The molecule has 0 spiro atoms. The van der Waals surface area contributed by atoms with E-state index >= 15 is 0 Å². The predicted octanol–water partition coefficient (Wildman–Crippen LogP) is 2.83. The molecule has 1 aliphatic carbocycles. The lowest BCUT2D eigenvalue weighted by molar-refractivity contribution is -0.125. The molecule has 1 heterocycles. The van der Waals surface area contributed by atoms with Crippen LogP contribution in [0.4, 0.5) is 0 Å². The van der Waals surface area contributed by atoms with E-state index < -0.39 is 29.9 Å². The Kier molecular flexibility index (Phi) is 6.74. The fraction of sp³-hybridized carbons (Fsp3) is 0.522. The number of hydrogen-bond acceptors (Lipinski definition) is 6. The maximum absolute atomic E-state index is 12.6. The molecule has 0 radical (unpaired) electrons. The molecule has 0 saturated heterocycles. The number of carbonyl (C=O) groups is 4. The van der Waals surface area contributed by atoms with Crippen molar-refractivity contribution in [2.45, 2.75) is 57.9 Å². The number of benzene rings is 1. The van der Waals surface area contributed by atoms with Gasteiger partial charge < -0.3 is 10.1 Å². The van der Waals surface area contributed by atoms with Crippen LogP contribution in [0, 0.1) is 17.2 Å². The smallest absolute Gasteiger partial charge is 0.338 e. The van der Waals surface area contributed by atoms with Crippen LogP contribution in [0.15, 0.2) is 18.2 Å². The second kappa shape index (κ2) is 9.29. The van der Waals surface area contributed by atoms with E-state index in [1.54, 1.807) is 0 Å². The van der Waals surface area contributed by atoms with Gasteiger partial charge in [0, 0.05) is 6.54 Å². The molecule has 2 aliphatic rings. The van der Waals surface area contributed by atoms with Crippen molar-refractivity contribution in [3.8, 4) is 6.07 Å². The van der Waals surface area contributed by atoms with Gasteiger partial charge in [-0.2, -0.15) is 5.26 Å². The molecule has 0 atom stereocenters. The lowest BCUT2D eigenvalue weighted by Crippen LogP contribution is -2.50. The summed E-state index contributed by atoms with van der Waals surface area (Å²) in [6, 6.07) is 6.37. The standard InChI is InChI=1S/C23H27N3O5/c1-15(2)8-11-26-20(28)17-7-6-16(12-18(17)21(26)29)22(30)31-13-19(27)25-23(14-24)9-4-3-5-10-23/h6-7,12,15H,3-5,8-11,13H2,1-2H3,(H,25,27). The molecule has 1 aromatic carbocycles. The van der Waals surface area contributed by atoms with Crippen molar-refractivity contribution >= 4 is 23.7 Å². The number of rotatable bonds is 7. The van der Waals surface area contributed by atoms with E-state index in [2.05, 4.69) is 11.4 Å². The largest absolute Gasteiger partial charge is 0.452 e. The number of fused-ring (bicyclic) bond motifs is 1. The van der Waals surface area contributed by atoms with Gasteiger partial charge in [0.25, 0.3) is 17.7 Å². The minimum atomic E-state index is -0.901. The molecule has 164 valence electrons. The van der Waals surface area contributed by atoms with E-state index in [0.29, 0.717) is 31.7 Å². The molecule has 1 aromatic rings. The van der Waals surface area contributed by atoms with E-state index in [1.807, 2.05) is 13.8 Å². The maximum atomic E-state index is 12.6. The summed E-state index contributed by atoms with van der Waals surface area (Å²) in [6.45, 7) is 3.82. The molecule has 0 unspecified atom stereocenters. The van der Waals surface area contributed by atoms with Crippen molar-refractivity contribution in [3.63, 3.8) is 0 Å². The van der Waals surface area contributed by atoms with Crippen LogP contribution in [0.25, 0.3) is 0 Å². The molecule has 8 heteroatoms. The zero-order chi connectivity index (χ0) is 22.6. The van der Waals surface area contributed by atoms with Gasteiger partial charge in [-0.1, -0.05) is 33.1 Å². The summed E-state index contributed by atoms with van der Waals surface area (Å²) in [5.74, 6) is -1.76. The van der Waals surface area contributed by atoms with E-state index in [4.69, 9.17) is 4.74 Å². The van der Waals surface area contributed by atoms with Crippen LogP contribution in [0.2, 0.25) is 0 Å². The van der Waals surface area contributed by atoms with Gasteiger partial charge in [0.05, 0.1) is 22.8 Å². The van der Waals surface area contributed by atoms with Crippen molar-refractivity contribution in [1.29, 1.82) is 5.26 Å². The third kappa shape index (κ3) is 4.93. The van der Waals surface area contributed by atoms with Gasteiger partial charge in [-0.25, -0.2) is 4.79 Å². The number of nitriles is 1. The van der Waals surface area contributed by atoms with Gasteiger partial charge >= 0.3 is 5.97 Å². The number of nitrogens with one attached hydrogen (secondary N) is 1. The molecule has 0 bridgehead atoms. The Hall–Kier alpha value is -3.21. The van der Waals surface area contributed by atoms with Crippen LogP contribution in [0.5, 0.6) is 0 Å². The average Bonchev–Trinajstić information content (AvgIpc) is 3.00. The Labute approximate surface area is 181 Å². The van der Waals surface area contributed by atoms with Crippen molar-refractivity contribution < 1.29 is 23.9 Å². The second-order valence-electron chi connectivity index (χ2n) is 8.58. The number of hydrogen-bond donors (Lipinski definition) is 1. The van der Waals surface area contributed by atoms with Crippen LogP contribution in [0.1, 0.15) is 83.4 Å². The highest BCUT2D eigenvalue weighted by atomic mass is 16.5. The molecule has 31 heavy (non-hydrogen) atoms. The van der Waals surface area contributed by atoms with Crippen LogP contribution in [-0.2, 0) is 9.53 Å². The third-order valence-corrected chi connectivity index (χ3v) is 5.77. The van der Waals surface area contributed by atoms with Crippen molar-refractivity contribution in [2.24, 2.45) is 5.92 Å². The number of amides is 3. The molecule has 1 N–H and O–H groups in total. The first kappa shape index (κ1) is 22.5. The number of nitrogens with zero attached hydrogens (tertiary/aromatic N) is 2. The second-order valence-corrected chi connectivity index (χ2v) is 8.58. The summed E-state index contributed by atoms with van der Waals surface area (Å²) in [5.41, 5.74) is -0.387. The first-order valence-corrected chi connectivity index (χ1v) is 10.7. The summed E-state index contributed by atoms with van der Waals surface area (Å²) in [5, 5.41) is 12.1. The summed E-state index contributed by atoms with van der Waals surface area (Å²) in [4.78, 5) is 50.9. The average molecular weight is 425 g/mol. The van der Waals surface area contributed by atoms with E-state index in [9.17, 15) is 24.4 Å². The third-order valence-electron chi connectivity index (χ3n) is 5.77. The minimum absolute atomic E-state index is 0.0890. The number of carbonyl (C=O) groups excluding carboxylic acids is 4. The minimum Gasteiger partial charge on any atom is -0.452 e. The molecule has 8 nitrogen and oxygen atoms in total. The SMILES string of the molecule is CC(C)CCN1C(=O)c2ccc(C(=O)OCC(=O)NC3(C#N)CCCCC3)cc2C1=O. The molecule has 1 aliphatic heterocycles. The van der Waals surface area contributed by atoms with Gasteiger partial charge in [0.15, 0.2) is 6.61 Å². The van der Waals surface area contributed by atoms with Crippen molar-refractivity contribution in [1.82, 2.24) is 10.2 Å². The summed E-state index contributed by atoms with van der Waals surface area (Å²) in [7, 11) is 0. The van der Waals surface area contributed by atoms with Crippen LogP contribution < -0.4 is 5.32 Å². The number of esters is 1. The maximum Gasteiger partial charge on any atom is 0.338 e. The predicted molar refractivity (Wildman–Crippen MR) is 111 cm³/mol. The van der Waals surface area contributed by atoms with Gasteiger partial charge in [-0.15, -0.1) is 0 Å². The molecule has 1 saturated carbocycles. The quantitative estimate of drug-likeness (QED) is 0.530. The molecule has 3 rings (SSSR count). The Balaban J connectivity index is 1.61. The van der Waals surface area contributed by atoms with Crippen molar-refractivity contribution in [2.75, 3.05) is 13.2 Å². The molecule has 1 fully saturated rings. The summed E-state index contributed by atoms with van der Waals surface area (Å²) in [6.07, 6.45) is 4.62. The molecule has 0 aromatic heterocycles. The van der Waals surface area contributed by atoms with E-state index in [0.717, 1.165) is 19.3 Å². The van der Waals surface area contributed by atoms with Crippen LogP contribution in [-0.4, -0.2) is 47.3 Å². The molecular weight excluding hydrogens is 398 g/mol. The van der Waals surface area contributed by atoms with E-state index in [1.165, 1.54) is 23.1 Å². The summed E-state index contributed by atoms with van der Waals surface area (Å²) >= 11 is 0. The highest BCUT2D eigenvalue weighted by Gasteiger charge is 2.36. The van der Waals surface area contributed by atoms with Crippen LogP contribution in [0.3, 0.4) is 0 Å². The molecule has 3 amide bonds. The first-order chi connectivity index (χ1) is 14.8. The highest BCUT2D eigenvalue weighted by molar-refractivity contribution is 6.22. The fourth-order valence-electron chi connectivity index (χ4n) is 3.95. The van der Waals surface area contributed by atoms with Crippen LogP contribution >= 0.6 is 0 Å². The van der Waals surface area contributed by atoms with E-state index in [-0.39, 0.29) is 22.6 Å². The van der Waals surface area contributed by atoms with Gasteiger partial charge in [0.1, 0.15) is 5.54 Å². The van der Waals surface area contributed by atoms with Gasteiger partial charge in [0.2, 0.25) is 0 Å². The Morgan fingerprint density at radius 1 is 1.16 bits per heavy atom. The number of imide groups is 1.